The van der Waals surface area contributed by atoms with E-state index >= 15 is 0 Å². The Labute approximate surface area is 113 Å². The Balaban J connectivity index is 2.11. The van der Waals surface area contributed by atoms with Crippen LogP contribution in [0.1, 0.15) is 21.5 Å². The molecule has 0 unspecified atom stereocenters. The number of nitrogens with two attached hydrogens (primary N) is 1. The normalized spacial score (nSPS) is 10.2. The molecule has 0 aromatic heterocycles. The van der Waals surface area contributed by atoms with Crippen LogP contribution in [0.4, 0.5) is 5.69 Å². The molecule has 0 heterocycles. The predicted molar refractivity (Wildman–Crippen MR) is 78.3 cm³/mol. The van der Waals surface area contributed by atoms with Gasteiger partial charge in [0.2, 0.25) is 0 Å². The van der Waals surface area contributed by atoms with Crippen molar-refractivity contribution >= 4 is 11.6 Å². The van der Waals surface area contributed by atoms with Crippen molar-refractivity contribution in [1.82, 2.24) is 0 Å². The van der Waals surface area contributed by atoms with E-state index in [1.807, 2.05) is 55.5 Å². The quantitative estimate of drug-likeness (QED) is 0.881. The van der Waals surface area contributed by atoms with Crippen molar-refractivity contribution in [2.24, 2.45) is 5.73 Å². The van der Waals surface area contributed by atoms with Gasteiger partial charge in [0.25, 0.3) is 5.91 Å². The summed E-state index contributed by atoms with van der Waals surface area (Å²) in [5.74, 6) is -0.0947. The molecule has 3 heteroatoms. The second kappa shape index (κ2) is 6.16. The predicted octanol–water partition coefficient (Wildman–Crippen LogP) is 2.75. The topological polar surface area (TPSA) is 55.1 Å². The van der Waals surface area contributed by atoms with Gasteiger partial charge in [-0.15, -0.1) is 0 Å². The molecule has 0 spiro atoms. The fourth-order valence-corrected chi connectivity index (χ4v) is 1.87. The highest BCUT2D eigenvalue weighted by atomic mass is 16.1. The molecule has 0 bridgehead atoms. The van der Waals surface area contributed by atoms with Crippen molar-refractivity contribution in [3.05, 3.63) is 65.2 Å². The molecule has 2 aromatic carbocycles. The molecule has 0 fully saturated rings. The summed E-state index contributed by atoms with van der Waals surface area (Å²) in [4.78, 5) is 12.1. The Morgan fingerprint density at radius 3 is 2.58 bits per heavy atom. The van der Waals surface area contributed by atoms with Crippen LogP contribution in [0.2, 0.25) is 0 Å². The van der Waals surface area contributed by atoms with E-state index in [-0.39, 0.29) is 5.91 Å². The van der Waals surface area contributed by atoms with E-state index in [1.54, 1.807) is 0 Å². The second-order valence-electron chi connectivity index (χ2n) is 4.56. The number of carbonyl (C=O) groups is 1. The lowest BCUT2D eigenvalue weighted by molar-refractivity contribution is 0.102. The Morgan fingerprint density at radius 1 is 1.16 bits per heavy atom. The molecule has 3 nitrogen and oxygen atoms in total. The zero-order valence-electron chi connectivity index (χ0n) is 11.0. The Morgan fingerprint density at radius 2 is 1.89 bits per heavy atom. The van der Waals surface area contributed by atoms with E-state index < -0.39 is 0 Å². The van der Waals surface area contributed by atoms with Gasteiger partial charge in [-0.25, -0.2) is 0 Å². The van der Waals surface area contributed by atoms with Gasteiger partial charge in [-0.1, -0.05) is 29.8 Å². The van der Waals surface area contributed by atoms with Crippen LogP contribution in [0.25, 0.3) is 0 Å². The van der Waals surface area contributed by atoms with Gasteiger partial charge >= 0.3 is 0 Å². The SMILES string of the molecule is Cc1ccc(NC(=O)c2cccc(CCN)c2)cc1. The lowest BCUT2D eigenvalue weighted by Gasteiger charge is -2.07. The molecular formula is C16H18N2O. The fraction of sp³-hybridized carbons (Fsp3) is 0.188. The number of hydrogen-bond donors (Lipinski definition) is 2. The van der Waals surface area contributed by atoms with Gasteiger partial charge in [-0.05, 0) is 49.7 Å². The number of benzene rings is 2. The van der Waals surface area contributed by atoms with Crippen molar-refractivity contribution in [2.75, 3.05) is 11.9 Å². The highest BCUT2D eigenvalue weighted by Crippen LogP contribution is 2.12. The molecular weight excluding hydrogens is 236 g/mol. The summed E-state index contributed by atoms with van der Waals surface area (Å²) in [5.41, 5.74) is 9.24. The molecule has 0 atom stereocenters. The van der Waals surface area contributed by atoms with Gasteiger partial charge in [0.15, 0.2) is 0 Å². The van der Waals surface area contributed by atoms with Gasteiger partial charge in [0.1, 0.15) is 0 Å². The molecule has 2 aromatic rings. The Hall–Kier alpha value is -2.13. The highest BCUT2D eigenvalue weighted by molar-refractivity contribution is 6.04. The summed E-state index contributed by atoms with van der Waals surface area (Å²) in [6.07, 6.45) is 0.783. The first-order chi connectivity index (χ1) is 9.19. The monoisotopic (exact) mass is 254 g/mol. The van der Waals surface area contributed by atoms with Crippen molar-refractivity contribution in [3.8, 4) is 0 Å². The van der Waals surface area contributed by atoms with Gasteiger partial charge in [-0.2, -0.15) is 0 Å². The van der Waals surface area contributed by atoms with Crippen molar-refractivity contribution in [2.45, 2.75) is 13.3 Å². The minimum Gasteiger partial charge on any atom is -0.330 e. The number of rotatable bonds is 4. The van der Waals surface area contributed by atoms with E-state index in [9.17, 15) is 4.79 Å². The van der Waals surface area contributed by atoms with E-state index in [4.69, 9.17) is 5.73 Å². The number of anilines is 1. The molecule has 2 rings (SSSR count). The molecule has 0 aliphatic heterocycles. The Kier molecular flexibility index (Phi) is 4.31. The smallest absolute Gasteiger partial charge is 0.255 e. The summed E-state index contributed by atoms with van der Waals surface area (Å²) in [6.45, 7) is 2.60. The van der Waals surface area contributed by atoms with E-state index in [1.165, 1.54) is 5.56 Å². The maximum absolute atomic E-state index is 12.1. The number of amides is 1. The summed E-state index contributed by atoms with van der Waals surface area (Å²) in [6, 6.07) is 15.3. The van der Waals surface area contributed by atoms with Crippen LogP contribution in [-0.2, 0) is 6.42 Å². The van der Waals surface area contributed by atoms with Gasteiger partial charge < -0.3 is 11.1 Å². The standard InChI is InChI=1S/C16H18N2O/c1-12-5-7-15(8-6-12)18-16(19)14-4-2-3-13(11-14)9-10-17/h2-8,11H,9-10,17H2,1H3,(H,18,19). The first kappa shape index (κ1) is 13.3. The molecule has 0 aliphatic rings. The first-order valence-electron chi connectivity index (χ1n) is 6.36. The van der Waals surface area contributed by atoms with Gasteiger partial charge in [0.05, 0.1) is 0 Å². The third kappa shape index (κ3) is 3.66. The third-order valence-electron chi connectivity index (χ3n) is 2.93. The molecule has 0 saturated heterocycles. The van der Waals surface area contributed by atoms with Crippen LogP contribution >= 0.6 is 0 Å². The highest BCUT2D eigenvalue weighted by Gasteiger charge is 2.06. The minimum atomic E-state index is -0.0947. The van der Waals surface area contributed by atoms with E-state index in [2.05, 4.69) is 5.32 Å². The molecule has 0 saturated carbocycles. The Bertz CT molecular complexity index is 561. The average molecular weight is 254 g/mol. The summed E-state index contributed by atoms with van der Waals surface area (Å²) in [7, 11) is 0. The van der Waals surface area contributed by atoms with Gasteiger partial charge in [-0.3, -0.25) is 4.79 Å². The van der Waals surface area contributed by atoms with E-state index in [0.29, 0.717) is 12.1 Å². The first-order valence-corrected chi connectivity index (χ1v) is 6.36. The van der Waals surface area contributed by atoms with Crippen molar-refractivity contribution in [3.63, 3.8) is 0 Å². The summed E-state index contributed by atoms with van der Waals surface area (Å²) in [5, 5.41) is 2.88. The fourth-order valence-electron chi connectivity index (χ4n) is 1.87. The summed E-state index contributed by atoms with van der Waals surface area (Å²) >= 11 is 0. The largest absolute Gasteiger partial charge is 0.330 e. The maximum atomic E-state index is 12.1. The van der Waals surface area contributed by atoms with Crippen LogP contribution in [0.3, 0.4) is 0 Å². The maximum Gasteiger partial charge on any atom is 0.255 e. The molecule has 0 radical (unpaired) electrons. The minimum absolute atomic E-state index is 0.0947. The summed E-state index contributed by atoms with van der Waals surface area (Å²) < 4.78 is 0. The second-order valence-corrected chi connectivity index (χ2v) is 4.56. The molecule has 1 amide bonds. The van der Waals surface area contributed by atoms with E-state index in [0.717, 1.165) is 17.7 Å². The average Bonchev–Trinajstić information content (AvgIpc) is 2.42. The van der Waals surface area contributed by atoms with Crippen molar-refractivity contribution < 1.29 is 4.79 Å². The lowest BCUT2D eigenvalue weighted by Crippen LogP contribution is -2.12. The third-order valence-corrected chi connectivity index (χ3v) is 2.93. The van der Waals surface area contributed by atoms with Crippen LogP contribution < -0.4 is 11.1 Å². The number of nitrogens with one attached hydrogen (secondary N) is 1. The number of hydrogen-bond acceptors (Lipinski definition) is 2. The number of aryl methyl sites for hydroxylation is 1. The lowest BCUT2D eigenvalue weighted by atomic mass is 10.1. The zero-order chi connectivity index (χ0) is 13.7. The number of carbonyl (C=O) groups excluding carboxylic acids is 1. The van der Waals surface area contributed by atoms with Crippen LogP contribution in [0.5, 0.6) is 0 Å². The molecule has 98 valence electrons. The van der Waals surface area contributed by atoms with Crippen LogP contribution in [0.15, 0.2) is 48.5 Å². The van der Waals surface area contributed by atoms with Crippen LogP contribution in [0, 0.1) is 6.92 Å². The molecule has 0 aliphatic carbocycles. The zero-order valence-corrected chi connectivity index (χ0v) is 11.0. The van der Waals surface area contributed by atoms with Gasteiger partial charge in [0, 0.05) is 11.3 Å². The molecule has 3 N–H and O–H groups in total. The van der Waals surface area contributed by atoms with Crippen LogP contribution in [-0.4, -0.2) is 12.5 Å². The molecule has 19 heavy (non-hydrogen) atoms. The van der Waals surface area contributed by atoms with Crippen molar-refractivity contribution in [1.29, 1.82) is 0 Å².